The molecule has 0 heterocycles. The van der Waals surface area contributed by atoms with E-state index in [1.807, 2.05) is 59.7 Å². The van der Waals surface area contributed by atoms with Crippen LogP contribution in [-0.4, -0.2) is 30.6 Å². The molecule has 4 rings (SSSR count). The van der Waals surface area contributed by atoms with Gasteiger partial charge in [-0.15, -0.1) is 0 Å². The highest BCUT2D eigenvalue weighted by molar-refractivity contribution is 5.56. The Kier molecular flexibility index (Phi) is 6.72. The van der Waals surface area contributed by atoms with Crippen molar-refractivity contribution in [2.45, 2.75) is 57.8 Å². The summed E-state index contributed by atoms with van der Waals surface area (Å²) in [4.78, 5) is 0. The first-order valence-corrected chi connectivity index (χ1v) is 12.8. The third-order valence-corrected chi connectivity index (χ3v) is 8.06. The van der Waals surface area contributed by atoms with Gasteiger partial charge in [-0.1, -0.05) is 77.9 Å². The van der Waals surface area contributed by atoms with Crippen molar-refractivity contribution in [3.05, 3.63) is 106 Å². The zero-order valence-corrected chi connectivity index (χ0v) is 23.1. The van der Waals surface area contributed by atoms with E-state index in [0.717, 1.165) is 16.7 Å². The molecule has 0 aliphatic rings. The lowest BCUT2D eigenvalue weighted by Gasteiger charge is -2.35. The second-order valence-corrected chi connectivity index (χ2v) is 11.8. The quantitative estimate of drug-likeness (QED) is 0.162. The van der Waals surface area contributed by atoms with Gasteiger partial charge in [0.1, 0.15) is 34.5 Å². The Morgan fingerprint density at radius 3 is 0.795 bits per heavy atom. The Bertz CT molecular complexity index is 1350. The fraction of sp³-hybridized carbons (Fsp3) is 0.273. The summed E-state index contributed by atoms with van der Waals surface area (Å²) in [5.74, 6) is -0.188. The highest BCUT2D eigenvalue weighted by atomic mass is 16.3. The van der Waals surface area contributed by atoms with Crippen LogP contribution in [0.1, 0.15) is 74.9 Å². The number of phenols is 6. The second kappa shape index (κ2) is 9.45. The molecule has 0 aliphatic carbocycles. The predicted molar refractivity (Wildman–Crippen MR) is 152 cm³/mol. The molecule has 0 bridgehead atoms. The molecule has 6 N–H and O–H groups in total. The van der Waals surface area contributed by atoms with E-state index in [1.54, 1.807) is 36.4 Å². The molecular formula is C33H36O6. The van der Waals surface area contributed by atoms with Crippen LogP contribution in [-0.2, 0) is 16.2 Å². The molecule has 0 aliphatic heterocycles. The van der Waals surface area contributed by atoms with Gasteiger partial charge in [0.05, 0.1) is 0 Å². The van der Waals surface area contributed by atoms with Gasteiger partial charge in [0.25, 0.3) is 0 Å². The molecule has 6 nitrogen and oxygen atoms in total. The first-order valence-electron chi connectivity index (χ1n) is 12.8. The molecule has 0 fully saturated rings. The van der Waals surface area contributed by atoms with Crippen LogP contribution in [0.2, 0.25) is 0 Å². The van der Waals surface area contributed by atoms with Crippen molar-refractivity contribution in [2.75, 3.05) is 0 Å². The Morgan fingerprint density at radius 2 is 0.590 bits per heavy atom. The van der Waals surface area contributed by atoms with E-state index >= 15 is 0 Å². The third kappa shape index (κ3) is 4.94. The lowest BCUT2D eigenvalue weighted by atomic mass is 9.69. The topological polar surface area (TPSA) is 121 Å². The molecular weight excluding hydrogens is 492 g/mol. The fourth-order valence-electron chi connectivity index (χ4n) is 5.32. The molecule has 0 aromatic heterocycles. The van der Waals surface area contributed by atoms with Gasteiger partial charge in [-0.25, -0.2) is 0 Å². The number of hydrogen-bond acceptors (Lipinski definition) is 6. The first-order chi connectivity index (χ1) is 18.0. The zero-order valence-electron chi connectivity index (χ0n) is 23.1. The molecule has 0 saturated heterocycles. The number of rotatable bonds is 6. The maximum atomic E-state index is 10.8. The zero-order chi connectivity index (χ0) is 28.9. The minimum atomic E-state index is -0.706. The van der Waals surface area contributed by atoms with Gasteiger partial charge < -0.3 is 30.6 Å². The smallest absolute Gasteiger partial charge is 0.123 e. The molecule has 0 amide bonds. The van der Waals surface area contributed by atoms with E-state index in [-0.39, 0.29) is 34.5 Å². The molecule has 204 valence electrons. The predicted octanol–water partition coefficient (Wildman–Crippen LogP) is 6.90. The average Bonchev–Trinajstić information content (AvgIpc) is 2.83. The first kappa shape index (κ1) is 27.7. The number of benzene rings is 4. The monoisotopic (exact) mass is 528 g/mol. The summed E-state index contributed by atoms with van der Waals surface area (Å²) in [6.45, 7) is 11.9. The van der Waals surface area contributed by atoms with Crippen LogP contribution < -0.4 is 0 Å². The van der Waals surface area contributed by atoms with Crippen molar-refractivity contribution >= 4 is 0 Å². The molecule has 0 radical (unpaired) electrons. The minimum absolute atomic E-state index is 0.0298. The van der Waals surface area contributed by atoms with Crippen LogP contribution >= 0.6 is 0 Å². The summed E-state index contributed by atoms with van der Waals surface area (Å²) in [5, 5.41) is 61.9. The van der Waals surface area contributed by atoms with Gasteiger partial charge in [0.15, 0.2) is 0 Å². The van der Waals surface area contributed by atoms with Crippen LogP contribution in [0.15, 0.2) is 72.8 Å². The standard InChI is InChI=1S/C33H36O6/c1-31(2,25-10-7-22(34)16-28(25)37)19-13-20(32(3,4)26-11-8-23(35)17-29(26)38)15-21(14-19)33(5,6)27-12-9-24(36)18-30(27)39/h7-18,34-39H,1-6H3. The van der Waals surface area contributed by atoms with Crippen LogP contribution in [0, 0.1) is 0 Å². The number of phenolic OH excluding ortho intramolecular Hbond substituents is 6. The van der Waals surface area contributed by atoms with Gasteiger partial charge in [-0.05, 0) is 34.9 Å². The summed E-state index contributed by atoms with van der Waals surface area (Å²) in [7, 11) is 0. The van der Waals surface area contributed by atoms with Crippen molar-refractivity contribution in [3.63, 3.8) is 0 Å². The number of hydrogen-bond donors (Lipinski definition) is 6. The average molecular weight is 529 g/mol. The van der Waals surface area contributed by atoms with Gasteiger partial charge in [0.2, 0.25) is 0 Å². The van der Waals surface area contributed by atoms with E-state index in [1.165, 1.54) is 18.2 Å². The van der Waals surface area contributed by atoms with E-state index < -0.39 is 16.2 Å². The van der Waals surface area contributed by atoms with Crippen molar-refractivity contribution in [1.82, 2.24) is 0 Å². The van der Waals surface area contributed by atoms with Crippen molar-refractivity contribution in [3.8, 4) is 34.5 Å². The Labute approximate surface area is 229 Å². The lowest BCUT2D eigenvalue weighted by Crippen LogP contribution is -2.27. The fourth-order valence-corrected chi connectivity index (χ4v) is 5.32. The Morgan fingerprint density at radius 1 is 0.359 bits per heavy atom. The van der Waals surface area contributed by atoms with E-state index in [0.29, 0.717) is 16.7 Å². The minimum Gasteiger partial charge on any atom is -0.508 e. The summed E-state index contributed by atoms with van der Waals surface area (Å²) in [6.07, 6.45) is 0. The van der Waals surface area contributed by atoms with Gasteiger partial charge >= 0.3 is 0 Å². The summed E-state index contributed by atoms with van der Waals surface area (Å²) >= 11 is 0. The molecule has 0 unspecified atom stereocenters. The van der Waals surface area contributed by atoms with Crippen LogP contribution in [0.5, 0.6) is 34.5 Å². The second-order valence-electron chi connectivity index (χ2n) is 11.8. The van der Waals surface area contributed by atoms with Crippen molar-refractivity contribution < 1.29 is 30.6 Å². The largest absolute Gasteiger partial charge is 0.508 e. The SMILES string of the molecule is CC(C)(c1cc(C(C)(C)c2ccc(O)cc2O)cc(C(C)(C)c2ccc(O)cc2O)c1)c1ccc(O)cc1O. The van der Waals surface area contributed by atoms with Crippen LogP contribution in [0.3, 0.4) is 0 Å². The summed E-state index contributed by atoms with van der Waals surface area (Å²) in [6, 6.07) is 19.8. The molecule has 4 aromatic rings. The van der Waals surface area contributed by atoms with Gasteiger partial charge in [-0.2, -0.15) is 0 Å². The van der Waals surface area contributed by atoms with E-state index in [9.17, 15) is 30.6 Å². The van der Waals surface area contributed by atoms with Crippen LogP contribution in [0.25, 0.3) is 0 Å². The highest BCUT2D eigenvalue weighted by Crippen LogP contribution is 2.46. The Balaban J connectivity index is 2.01. The third-order valence-electron chi connectivity index (χ3n) is 8.06. The lowest BCUT2D eigenvalue weighted by molar-refractivity contribution is 0.435. The maximum absolute atomic E-state index is 10.8. The number of aromatic hydroxyl groups is 6. The maximum Gasteiger partial charge on any atom is 0.123 e. The molecule has 0 spiro atoms. The molecule has 4 aromatic carbocycles. The molecule has 0 saturated carbocycles. The summed E-state index contributed by atoms with van der Waals surface area (Å²) < 4.78 is 0. The van der Waals surface area contributed by atoms with Crippen molar-refractivity contribution in [1.29, 1.82) is 0 Å². The van der Waals surface area contributed by atoms with Crippen molar-refractivity contribution in [2.24, 2.45) is 0 Å². The van der Waals surface area contributed by atoms with E-state index in [2.05, 4.69) is 0 Å². The molecule has 0 atom stereocenters. The summed E-state index contributed by atoms with van der Waals surface area (Å²) in [5.41, 5.74) is 2.36. The highest BCUT2D eigenvalue weighted by Gasteiger charge is 2.35. The van der Waals surface area contributed by atoms with Gasteiger partial charge in [0, 0.05) is 51.1 Å². The normalized spacial score (nSPS) is 12.5. The van der Waals surface area contributed by atoms with Crippen LogP contribution in [0.4, 0.5) is 0 Å². The molecule has 39 heavy (non-hydrogen) atoms. The molecule has 6 heteroatoms. The van der Waals surface area contributed by atoms with E-state index in [4.69, 9.17) is 0 Å². The Hall–Kier alpha value is -4.32. The van der Waals surface area contributed by atoms with Gasteiger partial charge in [-0.3, -0.25) is 0 Å².